The van der Waals surface area contributed by atoms with Gasteiger partial charge < -0.3 is 4.52 Å². The molecule has 1 fully saturated rings. The number of rotatable bonds is 3. The zero-order valence-corrected chi connectivity index (χ0v) is 13.2. The van der Waals surface area contributed by atoms with Gasteiger partial charge in [0, 0.05) is 11.8 Å². The van der Waals surface area contributed by atoms with Gasteiger partial charge in [-0.05, 0) is 59.3 Å². The highest BCUT2D eigenvalue weighted by Gasteiger charge is 2.28. The smallest absolute Gasteiger partial charge is 0.286 e. The molecule has 0 amide bonds. The van der Waals surface area contributed by atoms with Crippen LogP contribution < -0.4 is 0 Å². The van der Waals surface area contributed by atoms with Crippen LogP contribution in [0.25, 0.3) is 22.9 Å². The summed E-state index contributed by atoms with van der Waals surface area (Å²) in [5.74, 6) is 0.171. The van der Waals surface area contributed by atoms with E-state index in [2.05, 4.69) is 36.3 Å². The van der Waals surface area contributed by atoms with E-state index in [0.717, 1.165) is 12.8 Å². The zero-order valence-electron chi connectivity index (χ0n) is 11.6. The molecule has 1 aliphatic carbocycles. The molecule has 0 aliphatic heterocycles. The Kier molecular flexibility index (Phi) is 3.07. The van der Waals surface area contributed by atoms with Gasteiger partial charge in [-0.2, -0.15) is 4.98 Å². The lowest BCUT2D eigenvalue weighted by molar-refractivity contribution is 0.397. The van der Waals surface area contributed by atoms with E-state index >= 15 is 0 Å². The van der Waals surface area contributed by atoms with Crippen molar-refractivity contribution in [2.24, 2.45) is 5.92 Å². The lowest BCUT2D eigenvalue weighted by atomic mass is 10.2. The normalized spacial score (nSPS) is 16.1. The Morgan fingerprint density at radius 1 is 1.41 bits per heavy atom. The maximum Gasteiger partial charge on any atom is 0.286 e. The number of hydrogen-bond donors (Lipinski definition) is 0. The van der Waals surface area contributed by atoms with Crippen molar-refractivity contribution in [2.45, 2.75) is 19.8 Å². The average Bonchev–Trinajstić information content (AvgIpc) is 3.15. The molecule has 0 saturated heterocycles. The fourth-order valence-corrected chi connectivity index (χ4v) is 2.67. The number of aromatic nitrogens is 5. The van der Waals surface area contributed by atoms with Crippen molar-refractivity contribution in [2.75, 3.05) is 0 Å². The van der Waals surface area contributed by atoms with E-state index in [1.165, 1.54) is 0 Å². The number of fused-ring (bicyclic) bond motifs is 1. The molecule has 0 spiro atoms. The van der Waals surface area contributed by atoms with Crippen molar-refractivity contribution in [3.63, 3.8) is 0 Å². The average molecular weight is 364 g/mol. The highest BCUT2D eigenvalue weighted by molar-refractivity contribution is 9.10. The van der Waals surface area contributed by atoms with E-state index < -0.39 is 5.83 Å². The second-order valence-electron chi connectivity index (χ2n) is 5.31. The molecule has 1 aliphatic rings. The minimum Gasteiger partial charge on any atom is -0.331 e. The molecule has 0 N–H and O–H groups in total. The van der Waals surface area contributed by atoms with Gasteiger partial charge in [0.15, 0.2) is 11.5 Å². The number of allylic oxidation sites excluding steroid dienone is 1. The van der Waals surface area contributed by atoms with Crippen molar-refractivity contribution >= 4 is 27.4 Å². The second kappa shape index (κ2) is 4.98. The van der Waals surface area contributed by atoms with Gasteiger partial charge in [0.2, 0.25) is 10.6 Å². The predicted molar refractivity (Wildman–Crippen MR) is 80.4 cm³/mol. The maximum absolute atomic E-state index is 14.3. The molecule has 112 valence electrons. The van der Waals surface area contributed by atoms with Crippen molar-refractivity contribution in [3.8, 4) is 11.4 Å². The summed E-state index contributed by atoms with van der Waals surface area (Å²) >= 11 is 3.29. The molecule has 0 bridgehead atoms. The predicted octanol–water partition coefficient (Wildman–Crippen LogP) is 3.65. The second-order valence-corrected chi connectivity index (χ2v) is 6.02. The molecule has 0 aromatic carbocycles. The summed E-state index contributed by atoms with van der Waals surface area (Å²) in [6.45, 7) is 1.77. The fraction of sp³-hybridized carbons (Fsp3) is 0.286. The van der Waals surface area contributed by atoms with Crippen LogP contribution in [0.1, 0.15) is 25.7 Å². The summed E-state index contributed by atoms with van der Waals surface area (Å²) in [7, 11) is 0. The molecule has 8 heteroatoms. The SMILES string of the molecule is C/C(=C(/F)c1nc(-c2ccn3c(Br)nnc3c2)no1)C1CC1. The van der Waals surface area contributed by atoms with E-state index in [-0.39, 0.29) is 5.89 Å². The van der Waals surface area contributed by atoms with Crippen LogP contribution >= 0.6 is 15.9 Å². The van der Waals surface area contributed by atoms with Crippen LogP contribution in [0.3, 0.4) is 0 Å². The highest BCUT2D eigenvalue weighted by atomic mass is 79.9. The van der Waals surface area contributed by atoms with Gasteiger partial charge in [0.1, 0.15) is 0 Å². The Morgan fingerprint density at radius 3 is 3.00 bits per heavy atom. The van der Waals surface area contributed by atoms with Gasteiger partial charge in [-0.25, -0.2) is 4.39 Å². The molecule has 22 heavy (non-hydrogen) atoms. The summed E-state index contributed by atoms with van der Waals surface area (Å²) in [6, 6.07) is 3.56. The van der Waals surface area contributed by atoms with Crippen LogP contribution in [-0.4, -0.2) is 24.7 Å². The Hall–Kier alpha value is -2.09. The third-order valence-corrected chi connectivity index (χ3v) is 4.32. The minimum atomic E-state index is -0.410. The topological polar surface area (TPSA) is 69.1 Å². The molecule has 1 saturated carbocycles. The van der Waals surface area contributed by atoms with Crippen LogP contribution in [0.4, 0.5) is 4.39 Å². The number of pyridine rings is 1. The van der Waals surface area contributed by atoms with Gasteiger partial charge in [0.25, 0.3) is 5.89 Å². The summed E-state index contributed by atoms with van der Waals surface area (Å²) < 4.78 is 21.7. The van der Waals surface area contributed by atoms with Crippen molar-refractivity contribution in [3.05, 3.63) is 34.5 Å². The van der Waals surface area contributed by atoms with Crippen molar-refractivity contribution < 1.29 is 8.91 Å². The van der Waals surface area contributed by atoms with E-state index in [1.807, 2.05) is 0 Å². The summed E-state index contributed by atoms with van der Waals surface area (Å²) in [6.07, 6.45) is 3.84. The molecule has 6 nitrogen and oxygen atoms in total. The first-order valence-electron chi connectivity index (χ1n) is 6.84. The Bertz CT molecular complexity index is 896. The van der Waals surface area contributed by atoms with E-state index in [1.54, 1.807) is 29.7 Å². The minimum absolute atomic E-state index is 0.0677. The summed E-state index contributed by atoms with van der Waals surface area (Å²) in [5.41, 5.74) is 2.02. The largest absolute Gasteiger partial charge is 0.331 e. The molecular weight excluding hydrogens is 353 g/mol. The molecule has 3 aromatic heterocycles. The number of nitrogens with zero attached hydrogens (tertiary/aromatic N) is 5. The van der Waals surface area contributed by atoms with Crippen LogP contribution in [0, 0.1) is 5.92 Å². The highest BCUT2D eigenvalue weighted by Crippen LogP contribution is 2.40. The monoisotopic (exact) mass is 363 g/mol. The Labute approximate surface area is 133 Å². The summed E-state index contributed by atoms with van der Waals surface area (Å²) in [5, 5.41) is 11.8. The van der Waals surface area contributed by atoms with E-state index in [9.17, 15) is 4.39 Å². The van der Waals surface area contributed by atoms with Gasteiger partial charge >= 0.3 is 0 Å². The van der Waals surface area contributed by atoms with E-state index in [4.69, 9.17) is 4.52 Å². The first-order valence-corrected chi connectivity index (χ1v) is 7.64. The van der Waals surface area contributed by atoms with Crippen LogP contribution in [0.15, 0.2) is 33.2 Å². The molecule has 4 rings (SSSR count). The lowest BCUT2D eigenvalue weighted by Crippen LogP contribution is -1.89. The maximum atomic E-state index is 14.3. The quantitative estimate of drug-likeness (QED) is 0.710. The zero-order chi connectivity index (χ0) is 15.3. The van der Waals surface area contributed by atoms with Gasteiger partial charge in [-0.1, -0.05) is 5.16 Å². The van der Waals surface area contributed by atoms with Gasteiger partial charge in [0.05, 0.1) is 0 Å². The van der Waals surface area contributed by atoms with Crippen LogP contribution in [0.2, 0.25) is 0 Å². The molecule has 3 aromatic rings. The van der Waals surface area contributed by atoms with Crippen molar-refractivity contribution in [1.82, 2.24) is 24.7 Å². The van der Waals surface area contributed by atoms with E-state index in [0.29, 0.717) is 33.3 Å². The first-order chi connectivity index (χ1) is 10.6. The van der Waals surface area contributed by atoms with Gasteiger partial charge in [-0.3, -0.25) is 4.40 Å². The molecule has 0 atom stereocenters. The standard InChI is InChI=1S/C14H11BrFN5O/c1-7(8-2-3-8)11(16)13-17-12(20-22-13)9-4-5-21-10(6-9)18-19-14(21)15/h4-6,8H,2-3H2,1H3/b11-7-. The first kappa shape index (κ1) is 13.6. The number of hydrogen-bond acceptors (Lipinski definition) is 5. The molecular formula is C14H11BrFN5O. The van der Waals surface area contributed by atoms with Crippen LogP contribution in [-0.2, 0) is 0 Å². The third kappa shape index (κ3) is 2.23. The Balaban J connectivity index is 1.71. The molecule has 3 heterocycles. The van der Waals surface area contributed by atoms with Gasteiger partial charge in [-0.15, -0.1) is 10.2 Å². The molecule has 0 radical (unpaired) electrons. The lowest BCUT2D eigenvalue weighted by Gasteiger charge is -1.97. The summed E-state index contributed by atoms with van der Waals surface area (Å²) in [4.78, 5) is 4.15. The Morgan fingerprint density at radius 2 is 2.23 bits per heavy atom. The third-order valence-electron chi connectivity index (χ3n) is 3.78. The van der Waals surface area contributed by atoms with Crippen LogP contribution in [0.5, 0.6) is 0 Å². The molecule has 0 unspecified atom stereocenters. The fourth-order valence-electron chi connectivity index (χ4n) is 2.29. The van der Waals surface area contributed by atoms with Crippen molar-refractivity contribution in [1.29, 1.82) is 0 Å². The number of halogens is 2.